The summed E-state index contributed by atoms with van der Waals surface area (Å²) in [4.78, 5) is 32.7. The molecule has 2 amide bonds. The number of likely N-dealkylation sites (N-methyl/N-ethyl adjacent to an activating group) is 1. The Bertz CT molecular complexity index is 792. The van der Waals surface area contributed by atoms with Crippen molar-refractivity contribution in [2.75, 3.05) is 41.4 Å². The van der Waals surface area contributed by atoms with Gasteiger partial charge in [-0.15, -0.1) is 0 Å². The second kappa shape index (κ2) is 7.86. The maximum Gasteiger partial charge on any atom is 0.338 e. The molecule has 0 saturated heterocycles. The second-order valence-electron chi connectivity index (χ2n) is 5.81. The van der Waals surface area contributed by atoms with Crippen LogP contribution in [-0.4, -0.2) is 43.2 Å². The van der Waals surface area contributed by atoms with Crippen molar-refractivity contribution in [2.45, 2.75) is 13.8 Å². The fraction of sp³-hybridized carbons (Fsp3) is 0.316. The molecule has 1 N–H and O–H groups in total. The van der Waals surface area contributed by atoms with Crippen LogP contribution in [0.3, 0.4) is 0 Å². The van der Waals surface area contributed by atoms with Gasteiger partial charge in [-0.25, -0.2) is 14.6 Å². The molecule has 1 aromatic carbocycles. The van der Waals surface area contributed by atoms with E-state index in [0.29, 0.717) is 24.4 Å². The highest BCUT2D eigenvalue weighted by Crippen LogP contribution is 2.30. The van der Waals surface area contributed by atoms with Gasteiger partial charge in [0.1, 0.15) is 0 Å². The third-order valence-corrected chi connectivity index (χ3v) is 4.22. The fourth-order valence-corrected chi connectivity index (χ4v) is 2.90. The number of pyridine rings is 1. The molecule has 0 atom stereocenters. The molecule has 0 unspecified atom stereocenters. The van der Waals surface area contributed by atoms with Crippen LogP contribution in [0.1, 0.15) is 24.2 Å². The number of hydrogen-bond acceptors (Lipinski definition) is 5. The number of amides is 2. The van der Waals surface area contributed by atoms with Gasteiger partial charge in [0.15, 0.2) is 5.82 Å². The first kappa shape index (κ1) is 17.7. The molecule has 26 heavy (non-hydrogen) atoms. The van der Waals surface area contributed by atoms with Crippen LogP contribution in [0, 0.1) is 0 Å². The number of aromatic nitrogens is 1. The van der Waals surface area contributed by atoms with E-state index in [1.54, 1.807) is 42.3 Å². The Morgan fingerprint density at radius 3 is 2.62 bits per heavy atom. The molecule has 7 nitrogen and oxygen atoms in total. The molecule has 136 valence electrons. The number of rotatable bonds is 4. The predicted octanol–water partition coefficient (Wildman–Crippen LogP) is 3.14. The van der Waals surface area contributed by atoms with Gasteiger partial charge < -0.3 is 15.0 Å². The number of fused-ring (bicyclic) bond motifs is 1. The highest BCUT2D eigenvalue weighted by Gasteiger charge is 2.27. The number of carbonyl (C=O) groups excluding carboxylic acids is 2. The van der Waals surface area contributed by atoms with Gasteiger partial charge in [0.25, 0.3) is 0 Å². The first-order valence-corrected chi connectivity index (χ1v) is 8.69. The maximum atomic E-state index is 12.7. The van der Waals surface area contributed by atoms with Gasteiger partial charge in [-0.1, -0.05) is 0 Å². The van der Waals surface area contributed by atoms with Crippen molar-refractivity contribution >= 4 is 29.2 Å². The Morgan fingerprint density at radius 2 is 1.92 bits per heavy atom. The molecule has 0 radical (unpaired) electrons. The summed E-state index contributed by atoms with van der Waals surface area (Å²) < 4.78 is 4.96. The standard InChI is InChI=1S/C19H22N4O3/c1-3-22-12-13-23(16-6-5-11-20-17(16)22)19(25)21-15-9-7-14(8-10-15)18(24)26-4-2/h5-11H,3-4,12-13H2,1-2H3,(H,21,25). The van der Waals surface area contributed by atoms with Crippen molar-refractivity contribution in [1.29, 1.82) is 0 Å². The normalized spacial score (nSPS) is 13.2. The number of ether oxygens (including phenoxy) is 1. The Morgan fingerprint density at radius 1 is 1.15 bits per heavy atom. The van der Waals surface area contributed by atoms with Crippen LogP contribution in [0.25, 0.3) is 0 Å². The zero-order valence-corrected chi connectivity index (χ0v) is 14.9. The molecule has 0 aliphatic carbocycles. The number of nitrogens with one attached hydrogen (secondary N) is 1. The van der Waals surface area contributed by atoms with E-state index in [1.165, 1.54) is 0 Å². The molecule has 7 heteroatoms. The molecule has 0 saturated carbocycles. The third-order valence-electron chi connectivity index (χ3n) is 4.22. The van der Waals surface area contributed by atoms with E-state index in [0.717, 1.165) is 24.6 Å². The van der Waals surface area contributed by atoms with Crippen LogP contribution in [0.15, 0.2) is 42.6 Å². The van der Waals surface area contributed by atoms with E-state index in [9.17, 15) is 9.59 Å². The van der Waals surface area contributed by atoms with Gasteiger partial charge >= 0.3 is 12.0 Å². The molecule has 2 heterocycles. The summed E-state index contributed by atoms with van der Waals surface area (Å²) in [6.07, 6.45) is 1.73. The average Bonchev–Trinajstić information content (AvgIpc) is 2.67. The number of carbonyl (C=O) groups is 2. The van der Waals surface area contributed by atoms with Gasteiger partial charge in [-0.2, -0.15) is 0 Å². The number of hydrogen-bond donors (Lipinski definition) is 1. The maximum absolute atomic E-state index is 12.7. The highest BCUT2D eigenvalue weighted by molar-refractivity contribution is 6.04. The molecular weight excluding hydrogens is 332 g/mol. The minimum atomic E-state index is -0.374. The van der Waals surface area contributed by atoms with Crippen molar-refractivity contribution in [3.8, 4) is 0 Å². The first-order chi connectivity index (χ1) is 12.6. The lowest BCUT2D eigenvalue weighted by Gasteiger charge is -2.35. The lowest BCUT2D eigenvalue weighted by Crippen LogP contribution is -2.46. The predicted molar refractivity (Wildman–Crippen MR) is 101 cm³/mol. The second-order valence-corrected chi connectivity index (χ2v) is 5.81. The van der Waals surface area contributed by atoms with Crippen LogP contribution in [0.5, 0.6) is 0 Å². The van der Waals surface area contributed by atoms with E-state index >= 15 is 0 Å². The molecule has 1 aliphatic rings. The van der Waals surface area contributed by atoms with Crippen LogP contribution in [0.2, 0.25) is 0 Å². The quantitative estimate of drug-likeness (QED) is 0.854. The molecule has 0 fully saturated rings. The highest BCUT2D eigenvalue weighted by atomic mass is 16.5. The van der Waals surface area contributed by atoms with Crippen LogP contribution >= 0.6 is 0 Å². The molecule has 1 aromatic heterocycles. The summed E-state index contributed by atoms with van der Waals surface area (Å²) in [7, 11) is 0. The van der Waals surface area contributed by atoms with Crippen LogP contribution in [-0.2, 0) is 4.74 Å². The van der Waals surface area contributed by atoms with Gasteiger partial charge in [0, 0.05) is 31.5 Å². The zero-order chi connectivity index (χ0) is 18.5. The van der Waals surface area contributed by atoms with Crippen molar-refractivity contribution in [2.24, 2.45) is 0 Å². The Kier molecular flexibility index (Phi) is 5.36. The summed E-state index contributed by atoms with van der Waals surface area (Å²) in [6, 6.07) is 10.2. The summed E-state index contributed by atoms with van der Waals surface area (Å²) in [6.45, 7) is 6.31. The number of esters is 1. The van der Waals surface area contributed by atoms with E-state index < -0.39 is 0 Å². The van der Waals surface area contributed by atoms with Gasteiger partial charge in [-0.3, -0.25) is 4.90 Å². The molecule has 3 rings (SSSR count). The van der Waals surface area contributed by atoms with Crippen molar-refractivity contribution in [3.63, 3.8) is 0 Å². The molecule has 1 aliphatic heterocycles. The SMILES string of the molecule is CCOC(=O)c1ccc(NC(=O)N2CCN(CC)c3ncccc32)cc1. The van der Waals surface area contributed by atoms with Crippen molar-refractivity contribution in [3.05, 3.63) is 48.2 Å². The van der Waals surface area contributed by atoms with E-state index in [-0.39, 0.29) is 12.0 Å². The fourth-order valence-electron chi connectivity index (χ4n) is 2.90. The minimum Gasteiger partial charge on any atom is -0.462 e. The van der Waals surface area contributed by atoms with E-state index in [2.05, 4.69) is 22.1 Å². The lowest BCUT2D eigenvalue weighted by molar-refractivity contribution is 0.0526. The number of urea groups is 1. The first-order valence-electron chi connectivity index (χ1n) is 8.69. The Balaban J connectivity index is 1.73. The van der Waals surface area contributed by atoms with Crippen LogP contribution in [0.4, 0.5) is 22.0 Å². The monoisotopic (exact) mass is 354 g/mol. The molecule has 0 spiro atoms. The lowest BCUT2D eigenvalue weighted by atomic mass is 10.2. The van der Waals surface area contributed by atoms with Crippen molar-refractivity contribution < 1.29 is 14.3 Å². The molecular formula is C19H22N4O3. The summed E-state index contributed by atoms with van der Waals surface area (Å²) >= 11 is 0. The van der Waals surface area contributed by atoms with Crippen LogP contribution < -0.4 is 15.1 Å². The van der Waals surface area contributed by atoms with E-state index in [1.807, 2.05) is 12.1 Å². The summed E-state index contributed by atoms with van der Waals surface area (Å²) in [5.41, 5.74) is 1.86. The third kappa shape index (κ3) is 3.61. The van der Waals surface area contributed by atoms with Gasteiger partial charge in [-0.05, 0) is 50.2 Å². The zero-order valence-electron chi connectivity index (χ0n) is 14.9. The topological polar surface area (TPSA) is 74.8 Å². The van der Waals surface area contributed by atoms with Crippen molar-refractivity contribution in [1.82, 2.24) is 4.98 Å². The van der Waals surface area contributed by atoms with E-state index in [4.69, 9.17) is 4.74 Å². The smallest absolute Gasteiger partial charge is 0.338 e. The number of anilines is 3. The number of nitrogens with zero attached hydrogens (tertiary/aromatic N) is 3. The average molecular weight is 354 g/mol. The Labute approximate surface area is 152 Å². The molecule has 0 bridgehead atoms. The number of benzene rings is 1. The summed E-state index contributed by atoms with van der Waals surface area (Å²) in [5.74, 6) is 0.440. The molecule has 2 aromatic rings. The minimum absolute atomic E-state index is 0.223. The van der Waals surface area contributed by atoms with Gasteiger partial charge in [0.2, 0.25) is 0 Å². The Hall–Kier alpha value is -3.09. The summed E-state index contributed by atoms with van der Waals surface area (Å²) in [5, 5.41) is 2.87. The largest absolute Gasteiger partial charge is 0.462 e. The van der Waals surface area contributed by atoms with Gasteiger partial charge in [0.05, 0.1) is 17.9 Å².